The number of carbonyl (C=O) groups is 1. The summed E-state index contributed by atoms with van der Waals surface area (Å²) in [5.74, 6) is -0.0188. The summed E-state index contributed by atoms with van der Waals surface area (Å²) in [7, 11) is -1.67. The molecule has 1 fully saturated rings. The molecule has 0 spiro atoms. The summed E-state index contributed by atoms with van der Waals surface area (Å²) in [6, 6.07) is 10.6. The van der Waals surface area contributed by atoms with E-state index in [1.807, 2.05) is 17.5 Å². The quantitative estimate of drug-likeness (QED) is 0.744. The summed E-state index contributed by atoms with van der Waals surface area (Å²) < 4.78 is 27.2. The van der Waals surface area contributed by atoms with Crippen LogP contribution in [0, 0.1) is 0 Å². The maximum absolute atomic E-state index is 12.8. The molecule has 3 rings (SSSR count). The van der Waals surface area contributed by atoms with Gasteiger partial charge in [-0.25, -0.2) is 8.42 Å². The highest BCUT2D eigenvalue weighted by atomic mass is 32.2. The van der Waals surface area contributed by atoms with Gasteiger partial charge in [0.15, 0.2) is 0 Å². The van der Waals surface area contributed by atoms with Crippen LogP contribution in [0.1, 0.15) is 30.6 Å². The van der Waals surface area contributed by atoms with Crippen LogP contribution >= 0.6 is 11.3 Å². The fourth-order valence-corrected chi connectivity index (χ4v) is 5.49. The van der Waals surface area contributed by atoms with E-state index in [1.54, 1.807) is 51.9 Å². The Balaban J connectivity index is 1.55. The Morgan fingerprint density at radius 1 is 1.11 bits per heavy atom. The molecule has 152 valence electrons. The van der Waals surface area contributed by atoms with Gasteiger partial charge in [0.05, 0.1) is 18.0 Å². The zero-order valence-electron chi connectivity index (χ0n) is 16.1. The minimum absolute atomic E-state index is 0.0188. The molecule has 2 aromatic rings. The van der Waals surface area contributed by atoms with Gasteiger partial charge < -0.3 is 10.2 Å². The number of carbonyl (C=O) groups excluding carboxylic acids is 1. The summed E-state index contributed by atoms with van der Waals surface area (Å²) in [5, 5.41) is 5.07. The van der Waals surface area contributed by atoms with Crippen LogP contribution in [0.4, 0.5) is 5.69 Å². The van der Waals surface area contributed by atoms with Gasteiger partial charge in [0.1, 0.15) is 0 Å². The molecule has 0 aliphatic carbocycles. The number of sulfonamides is 1. The first-order valence-electron chi connectivity index (χ1n) is 9.57. The van der Waals surface area contributed by atoms with Crippen LogP contribution in [0.15, 0.2) is 46.7 Å². The van der Waals surface area contributed by atoms with Crippen LogP contribution in [-0.4, -0.2) is 50.2 Å². The van der Waals surface area contributed by atoms with Crippen LogP contribution in [0.2, 0.25) is 0 Å². The minimum atomic E-state index is -3.44. The van der Waals surface area contributed by atoms with Crippen molar-refractivity contribution in [2.24, 2.45) is 0 Å². The van der Waals surface area contributed by atoms with Crippen LogP contribution < -0.4 is 5.32 Å². The van der Waals surface area contributed by atoms with E-state index < -0.39 is 10.0 Å². The molecule has 0 unspecified atom stereocenters. The SMILES string of the molecule is CN(Cc1cccs1)C(=O)CNc1ccc(S(=O)(=O)N2CCCCCC2)cc1. The monoisotopic (exact) mass is 421 g/mol. The van der Waals surface area contributed by atoms with Gasteiger partial charge in [0.2, 0.25) is 15.9 Å². The molecule has 1 aliphatic heterocycles. The molecule has 0 saturated carbocycles. The van der Waals surface area contributed by atoms with Crippen molar-refractivity contribution >= 4 is 33.0 Å². The first kappa shape index (κ1) is 20.8. The molecular formula is C20H27N3O3S2. The lowest BCUT2D eigenvalue weighted by atomic mass is 10.2. The molecule has 0 bridgehead atoms. The van der Waals surface area contributed by atoms with Gasteiger partial charge in [-0.3, -0.25) is 4.79 Å². The van der Waals surface area contributed by atoms with Gasteiger partial charge in [-0.1, -0.05) is 18.9 Å². The molecule has 1 aliphatic rings. The number of amides is 1. The van der Waals surface area contributed by atoms with E-state index in [0.717, 1.165) is 36.2 Å². The highest BCUT2D eigenvalue weighted by Gasteiger charge is 2.24. The summed E-state index contributed by atoms with van der Waals surface area (Å²) in [6.07, 6.45) is 4.01. The van der Waals surface area contributed by atoms with Crippen molar-refractivity contribution in [1.29, 1.82) is 0 Å². The maximum Gasteiger partial charge on any atom is 0.243 e. The first-order valence-corrected chi connectivity index (χ1v) is 11.9. The third kappa shape index (κ3) is 5.33. The Morgan fingerprint density at radius 2 is 1.79 bits per heavy atom. The maximum atomic E-state index is 12.8. The number of rotatable bonds is 7. The standard InChI is InChI=1S/C20H27N3O3S2/c1-22(16-18-7-6-14-27-18)20(24)15-21-17-8-10-19(11-9-17)28(25,26)23-12-4-2-3-5-13-23/h6-11,14,21H,2-5,12-13,15-16H2,1H3. The lowest BCUT2D eigenvalue weighted by Crippen LogP contribution is -2.32. The van der Waals surface area contributed by atoms with E-state index in [2.05, 4.69) is 5.32 Å². The van der Waals surface area contributed by atoms with Crippen LogP contribution in [0.25, 0.3) is 0 Å². The van der Waals surface area contributed by atoms with Gasteiger partial charge in [-0.05, 0) is 48.6 Å². The first-order chi connectivity index (χ1) is 13.5. The molecule has 1 aromatic carbocycles. The van der Waals surface area contributed by atoms with E-state index >= 15 is 0 Å². The zero-order chi connectivity index (χ0) is 20.0. The van der Waals surface area contributed by atoms with Crippen LogP contribution in [-0.2, 0) is 21.4 Å². The predicted molar refractivity (Wildman–Crippen MR) is 113 cm³/mol. The Bertz CT molecular complexity index is 857. The van der Waals surface area contributed by atoms with Crippen LogP contribution in [0.5, 0.6) is 0 Å². The number of thiophene rings is 1. The number of hydrogen-bond donors (Lipinski definition) is 1. The number of anilines is 1. The third-order valence-corrected chi connectivity index (χ3v) is 7.67. The molecule has 1 saturated heterocycles. The van der Waals surface area contributed by atoms with Crippen molar-refractivity contribution in [3.05, 3.63) is 46.7 Å². The zero-order valence-corrected chi connectivity index (χ0v) is 17.8. The van der Waals surface area contributed by atoms with E-state index in [1.165, 1.54) is 0 Å². The number of benzene rings is 1. The van der Waals surface area contributed by atoms with E-state index in [-0.39, 0.29) is 12.5 Å². The van der Waals surface area contributed by atoms with Crippen molar-refractivity contribution in [2.45, 2.75) is 37.1 Å². The second kappa shape index (κ2) is 9.54. The average molecular weight is 422 g/mol. The average Bonchev–Trinajstić information content (AvgIpc) is 3.04. The van der Waals surface area contributed by atoms with Gasteiger partial charge in [0.25, 0.3) is 0 Å². The number of nitrogens with one attached hydrogen (secondary N) is 1. The smallest absolute Gasteiger partial charge is 0.243 e. The summed E-state index contributed by atoms with van der Waals surface area (Å²) in [5.41, 5.74) is 0.729. The fourth-order valence-electron chi connectivity index (χ4n) is 3.21. The van der Waals surface area contributed by atoms with E-state index in [4.69, 9.17) is 0 Å². The van der Waals surface area contributed by atoms with E-state index in [9.17, 15) is 13.2 Å². The molecule has 6 nitrogen and oxygen atoms in total. The molecular weight excluding hydrogens is 394 g/mol. The lowest BCUT2D eigenvalue weighted by molar-refractivity contribution is -0.128. The summed E-state index contributed by atoms with van der Waals surface area (Å²) in [4.78, 5) is 15.4. The Labute approximate surface area is 171 Å². The van der Waals surface area contributed by atoms with Crippen LogP contribution in [0.3, 0.4) is 0 Å². The molecule has 8 heteroatoms. The highest BCUT2D eigenvalue weighted by molar-refractivity contribution is 7.89. The fraction of sp³-hybridized carbons (Fsp3) is 0.450. The topological polar surface area (TPSA) is 69.7 Å². The van der Waals surface area contributed by atoms with E-state index in [0.29, 0.717) is 24.5 Å². The lowest BCUT2D eigenvalue weighted by Gasteiger charge is -2.20. The second-order valence-electron chi connectivity index (χ2n) is 7.03. The summed E-state index contributed by atoms with van der Waals surface area (Å²) in [6.45, 7) is 1.94. The number of nitrogens with zero attached hydrogens (tertiary/aromatic N) is 2. The molecule has 0 atom stereocenters. The van der Waals surface area contributed by atoms with Gasteiger partial charge in [0, 0.05) is 30.7 Å². The molecule has 2 heterocycles. The van der Waals surface area contributed by atoms with Crippen molar-refractivity contribution < 1.29 is 13.2 Å². The van der Waals surface area contributed by atoms with Gasteiger partial charge in [-0.2, -0.15) is 4.31 Å². The summed E-state index contributed by atoms with van der Waals surface area (Å²) >= 11 is 1.62. The van der Waals surface area contributed by atoms with Crippen molar-refractivity contribution in [3.63, 3.8) is 0 Å². The Hall–Kier alpha value is -1.90. The number of hydrogen-bond acceptors (Lipinski definition) is 5. The molecule has 1 aromatic heterocycles. The minimum Gasteiger partial charge on any atom is -0.376 e. The number of likely N-dealkylation sites (N-methyl/N-ethyl adjacent to an activating group) is 1. The molecule has 0 radical (unpaired) electrons. The van der Waals surface area contributed by atoms with Gasteiger partial charge >= 0.3 is 0 Å². The second-order valence-corrected chi connectivity index (χ2v) is 10.00. The predicted octanol–water partition coefficient (Wildman–Crippen LogP) is 3.38. The highest BCUT2D eigenvalue weighted by Crippen LogP contribution is 2.21. The van der Waals surface area contributed by atoms with Crippen molar-refractivity contribution in [3.8, 4) is 0 Å². The molecule has 1 amide bonds. The van der Waals surface area contributed by atoms with Gasteiger partial charge in [-0.15, -0.1) is 11.3 Å². The third-order valence-electron chi connectivity index (χ3n) is 4.90. The van der Waals surface area contributed by atoms with Crippen molar-refractivity contribution in [1.82, 2.24) is 9.21 Å². The molecule has 1 N–H and O–H groups in total. The molecule has 28 heavy (non-hydrogen) atoms. The Morgan fingerprint density at radius 3 is 2.39 bits per heavy atom. The van der Waals surface area contributed by atoms with Crippen molar-refractivity contribution in [2.75, 3.05) is 32.0 Å². The Kier molecular flexibility index (Phi) is 7.09. The normalized spacial score (nSPS) is 15.8. The largest absolute Gasteiger partial charge is 0.376 e.